The quantitative estimate of drug-likeness (QED) is 0.0739. The van der Waals surface area contributed by atoms with E-state index in [-0.39, 0.29) is 24.7 Å². The zero-order valence-corrected chi connectivity index (χ0v) is 32.8. The van der Waals surface area contributed by atoms with Gasteiger partial charge in [-0.15, -0.1) is 0 Å². The number of carbonyl (C=O) groups excluding carboxylic acids is 1. The molecule has 2 N–H and O–H groups in total. The lowest BCUT2D eigenvalue weighted by molar-refractivity contribution is -0.253. The second kappa shape index (κ2) is 23.1. The van der Waals surface area contributed by atoms with Gasteiger partial charge in [0.2, 0.25) is 0 Å². The van der Waals surface area contributed by atoms with Crippen molar-refractivity contribution < 1.29 is 19.4 Å². The highest BCUT2D eigenvalue weighted by Crippen LogP contribution is 2.39. The van der Waals surface area contributed by atoms with Gasteiger partial charge in [-0.2, -0.15) is 0 Å². The van der Waals surface area contributed by atoms with Crippen molar-refractivity contribution >= 4 is 5.91 Å². The second-order valence-corrected chi connectivity index (χ2v) is 14.9. The third kappa shape index (κ3) is 13.5. The summed E-state index contributed by atoms with van der Waals surface area (Å²) in [5.41, 5.74) is 6.69. The number of nitrogens with one attached hydrogen (secondary N) is 1. The summed E-state index contributed by atoms with van der Waals surface area (Å²) in [7, 11) is 0. The Kier molecular flexibility index (Phi) is 17.7. The molecule has 3 aromatic carbocycles. The molecule has 1 amide bonds. The molecule has 0 aliphatic carbocycles. The fraction of sp³-hybridized carbons (Fsp3) is 0.489. The Labute approximate surface area is 324 Å². The van der Waals surface area contributed by atoms with E-state index in [1.165, 1.54) is 77.0 Å². The van der Waals surface area contributed by atoms with Gasteiger partial charge in [-0.05, 0) is 78.0 Å². The third-order valence-corrected chi connectivity index (χ3v) is 10.5. The van der Waals surface area contributed by atoms with E-state index in [0.29, 0.717) is 12.1 Å². The highest BCUT2D eigenvalue weighted by molar-refractivity contribution is 5.93. The zero-order chi connectivity index (χ0) is 37.8. The number of unbranched alkanes of at least 4 members (excludes halogenated alkanes) is 10. The summed E-state index contributed by atoms with van der Waals surface area (Å²) >= 11 is 0. The molecule has 1 aliphatic heterocycles. The standard InChI is InChI=1S/C47H63N3O4/c1-3-5-7-9-11-13-28-50(29-14-12-10-8-6-4-2)35-44-32-45(39-25-23-37(36-51)24-26-39)54-47(53-44)42-21-16-20-41(31-42)40-19-15-18-38(30-40)33-49-46(52)43-22-17-27-48-34-43/h15-27,30-31,34,44-45,47,51H,3-14,28-29,32-33,35-36H2,1-2H3,(H,49,52). The molecule has 0 bridgehead atoms. The average Bonchev–Trinajstić information content (AvgIpc) is 3.22. The molecule has 5 rings (SSSR count). The summed E-state index contributed by atoms with van der Waals surface area (Å²) in [4.78, 5) is 19.4. The Morgan fingerprint density at radius 2 is 1.41 bits per heavy atom. The maximum atomic E-state index is 12.7. The Morgan fingerprint density at radius 3 is 2.07 bits per heavy atom. The van der Waals surface area contributed by atoms with E-state index in [1.54, 1.807) is 24.5 Å². The predicted molar refractivity (Wildman–Crippen MR) is 219 cm³/mol. The Balaban J connectivity index is 1.30. The van der Waals surface area contributed by atoms with Crippen molar-refractivity contribution in [2.75, 3.05) is 19.6 Å². The molecule has 0 radical (unpaired) electrons. The van der Waals surface area contributed by atoms with Gasteiger partial charge in [0.15, 0.2) is 6.29 Å². The number of amides is 1. The number of aromatic nitrogens is 1. The molecule has 1 saturated heterocycles. The lowest BCUT2D eigenvalue weighted by Gasteiger charge is -2.38. The van der Waals surface area contributed by atoms with Crippen LogP contribution in [0.5, 0.6) is 0 Å². The smallest absolute Gasteiger partial charge is 0.253 e. The van der Waals surface area contributed by atoms with Gasteiger partial charge in [0.25, 0.3) is 5.91 Å². The van der Waals surface area contributed by atoms with Crippen LogP contribution in [0.15, 0.2) is 97.3 Å². The minimum atomic E-state index is -0.516. The maximum Gasteiger partial charge on any atom is 0.253 e. The fourth-order valence-electron chi connectivity index (χ4n) is 7.35. The molecule has 290 valence electrons. The molecule has 3 atom stereocenters. The van der Waals surface area contributed by atoms with E-state index >= 15 is 0 Å². The molecule has 1 aromatic heterocycles. The van der Waals surface area contributed by atoms with E-state index in [4.69, 9.17) is 9.47 Å². The van der Waals surface area contributed by atoms with Gasteiger partial charge in [0.1, 0.15) is 0 Å². The van der Waals surface area contributed by atoms with Crippen LogP contribution < -0.4 is 5.32 Å². The lowest BCUT2D eigenvalue weighted by Crippen LogP contribution is -2.40. The third-order valence-electron chi connectivity index (χ3n) is 10.5. The number of benzene rings is 3. The van der Waals surface area contributed by atoms with Gasteiger partial charge in [0.05, 0.1) is 24.4 Å². The van der Waals surface area contributed by atoms with Gasteiger partial charge >= 0.3 is 0 Å². The van der Waals surface area contributed by atoms with Crippen molar-refractivity contribution in [3.63, 3.8) is 0 Å². The Hall–Kier alpha value is -3.88. The van der Waals surface area contributed by atoms with Gasteiger partial charge in [-0.3, -0.25) is 9.78 Å². The summed E-state index contributed by atoms with van der Waals surface area (Å²) < 4.78 is 13.7. The number of nitrogens with zero attached hydrogens (tertiary/aromatic N) is 2. The van der Waals surface area contributed by atoms with Crippen molar-refractivity contribution in [3.05, 3.63) is 125 Å². The molecule has 7 heteroatoms. The number of ether oxygens (including phenoxy) is 2. The Morgan fingerprint density at radius 1 is 0.741 bits per heavy atom. The largest absolute Gasteiger partial charge is 0.392 e. The molecular formula is C47H63N3O4. The van der Waals surface area contributed by atoms with E-state index in [9.17, 15) is 9.90 Å². The molecule has 1 aliphatic rings. The zero-order valence-electron chi connectivity index (χ0n) is 32.8. The van der Waals surface area contributed by atoms with Gasteiger partial charge < -0.3 is 24.8 Å². The minimum absolute atomic E-state index is 0.0156. The van der Waals surface area contributed by atoms with Gasteiger partial charge in [-0.25, -0.2) is 0 Å². The second-order valence-electron chi connectivity index (χ2n) is 14.9. The van der Waals surface area contributed by atoms with Crippen LogP contribution in [0.1, 0.15) is 142 Å². The van der Waals surface area contributed by atoms with Crippen LogP contribution in [0.2, 0.25) is 0 Å². The van der Waals surface area contributed by atoms with Crippen molar-refractivity contribution in [2.45, 2.75) is 129 Å². The number of aliphatic hydroxyl groups is 1. The van der Waals surface area contributed by atoms with E-state index in [2.05, 4.69) is 77.6 Å². The fourth-order valence-corrected chi connectivity index (χ4v) is 7.35. The van der Waals surface area contributed by atoms with Crippen LogP contribution >= 0.6 is 0 Å². The maximum absolute atomic E-state index is 12.7. The molecular weight excluding hydrogens is 671 g/mol. The monoisotopic (exact) mass is 733 g/mol. The summed E-state index contributed by atoms with van der Waals surface area (Å²) in [5.74, 6) is -0.144. The van der Waals surface area contributed by atoms with Gasteiger partial charge in [-0.1, -0.05) is 139 Å². The summed E-state index contributed by atoms with van der Waals surface area (Å²) in [6.07, 6.45) is 19.0. The predicted octanol–water partition coefficient (Wildman–Crippen LogP) is 10.7. The number of aliphatic hydroxyl groups excluding tert-OH is 1. The van der Waals surface area contributed by atoms with Crippen LogP contribution in [0.25, 0.3) is 11.1 Å². The molecule has 4 aromatic rings. The van der Waals surface area contributed by atoms with Crippen LogP contribution in [0.4, 0.5) is 0 Å². The van der Waals surface area contributed by atoms with Crippen molar-refractivity contribution in [1.29, 1.82) is 0 Å². The summed E-state index contributed by atoms with van der Waals surface area (Å²) in [6, 6.07) is 28.5. The van der Waals surface area contributed by atoms with Gasteiger partial charge in [0, 0.05) is 37.5 Å². The number of carbonyl (C=O) groups is 1. The summed E-state index contributed by atoms with van der Waals surface area (Å²) in [6.45, 7) is 8.11. The number of hydrogen-bond donors (Lipinski definition) is 2. The van der Waals surface area contributed by atoms with E-state index in [1.807, 2.05) is 24.3 Å². The lowest BCUT2D eigenvalue weighted by atomic mass is 9.98. The van der Waals surface area contributed by atoms with Crippen LogP contribution in [-0.4, -0.2) is 46.6 Å². The molecule has 0 spiro atoms. The number of rotatable bonds is 23. The molecule has 2 heterocycles. The first-order valence-corrected chi connectivity index (χ1v) is 20.7. The highest BCUT2D eigenvalue weighted by Gasteiger charge is 2.33. The summed E-state index contributed by atoms with van der Waals surface area (Å²) in [5, 5.41) is 12.7. The molecule has 0 saturated carbocycles. The SMILES string of the molecule is CCCCCCCCN(CCCCCCCC)CC1CC(c2ccc(CO)cc2)OC(c2cccc(-c3cccc(CNC(=O)c4cccnc4)c3)c2)O1. The topological polar surface area (TPSA) is 83.9 Å². The normalized spacial score (nSPS) is 17.1. The minimum Gasteiger partial charge on any atom is -0.392 e. The number of hydrogen-bond acceptors (Lipinski definition) is 6. The van der Waals surface area contributed by atoms with E-state index in [0.717, 1.165) is 59.4 Å². The van der Waals surface area contributed by atoms with Crippen LogP contribution in [0, 0.1) is 0 Å². The average molecular weight is 734 g/mol. The van der Waals surface area contributed by atoms with Crippen molar-refractivity contribution in [3.8, 4) is 11.1 Å². The highest BCUT2D eigenvalue weighted by atomic mass is 16.7. The molecule has 54 heavy (non-hydrogen) atoms. The molecule has 7 nitrogen and oxygen atoms in total. The first-order chi connectivity index (χ1) is 26.6. The van der Waals surface area contributed by atoms with Crippen LogP contribution in [0.3, 0.4) is 0 Å². The van der Waals surface area contributed by atoms with Crippen molar-refractivity contribution in [1.82, 2.24) is 15.2 Å². The Bertz CT molecular complexity index is 1630. The molecule has 1 fully saturated rings. The van der Waals surface area contributed by atoms with Crippen LogP contribution in [-0.2, 0) is 22.6 Å². The first kappa shape index (κ1) is 41.3. The van der Waals surface area contributed by atoms with Crippen molar-refractivity contribution in [2.24, 2.45) is 0 Å². The number of pyridine rings is 1. The first-order valence-electron chi connectivity index (χ1n) is 20.7. The van der Waals surface area contributed by atoms with E-state index < -0.39 is 6.29 Å². The molecule has 3 unspecified atom stereocenters.